The van der Waals surface area contributed by atoms with E-state index in [0.29, 0.717) is 6.17 Å². The van der Waals surface area contributed by atoms with E-state index in [4.69, 9.17) is 5.73 Å². The summed E-state index contributed by atoms with van der Waals surface area (Å²) in [7, 11) is -0.965. The van der Waals surface area contributed by atoms with Gasteiger partial charge in [-0.2, -0.15) is 6.17 Å². The molecule has 0 radical (unpaired) electrons. The third kappa shape index (κ3) is 11.4. The zero-order chi connectivity index (χ0) is 5.21. The van der Waals surface area contributed by atoms with E-state index < -0.39 is 8.07 Å². The molecule has 0 aliphatic rings. The van der Waals surface area contributed by atoms with E-state index in [0.717, 1.165) is 0 Å². The predicted molar refractivity (Wildman–Crippen MR) is 32.5 cm³/mol. The van der Waals surface area contributed by atoms with Crippen molar-refractivity contribution in [3.05, 3.63) is 5.73 Å². The Balaban J connectivity index is 0. The molecule has 38 valence electrons. The quantitative estimate of drug-likeness (QED) is 0.415. The number of nitrogens with one attached hydrogen (secondary N) is 1. The van der Waals surface area contributed by atoms with Gasteiger partial charge in [-0.25, -0.2) is 0 Å². The molecule has 1 nitrogen and oxygen atoms in total. The smallest absolute Gasteiger partial charge is 0.680 e. The van der Waals surface area contributed by atoms with Crippen LogP contribution in [0.2, 0.25) is 19.6 Å². The van der Waals surface area contributed by atoms with Crippen LogP contribution in [0.1, 0.15) is 0 Å². The second kappa shape index (κ2) is 4.67. The molecule has 0 spiro atoms. The molecule has 0 fully saturated rings. The summed E-state index contributed by atoms with van der Waals surface area (Å²) in [5, 5.41) is 0. The van der Waals surface area contributed by atoms with Gasteiger partial charge in [-0.3, -0.25) is 0 Å². The Labute approximate surface area is 89.5 Å². The van der Waals surface area contributed by atoms with Crippen LogP contribution in [0.15, 0.2) is 0 Å². The van der Waals surface area contributed by atoms with Gasteiger partial charge in [-0.15, -0.1) is 0 Å². The molecule has 0 bridgehead atoms. The van der Waals surface area contributed by atoms with E-state index in [2.05, 4.69) is 19.6 Å². The Kier molecular flexibility index (Phi) is 7.73. The summed E-state index contributed by atoms with van der Waals surface area (Å²) < 4.78 is 0. The molecule has 0 saturated heterocycles. The van der Waals surface area contributed by atoms with Crippen molar-refractivity contribution in [1.29, 1.82) is 0 Å². The standard InChI is InChI=1S/C4H12NSi.K/c1-6(2,3)4-5;/h5H,4H2,1-3H3;/q-1;+1. The number of rotatable bonds is 1. The van der Waals surface area contributed by atoms with Crippen molar-refractivity contribution < 1.29 is 51.4 Å². The van der Waals surface area contributed by atoms with Gasteiger partial charge < -0.3 is 5.73 Å². The molecule has 0 heterocycles. The maximum Gasteiger partial charge on any atom is 1.00 e. The Hall–Kier alpha value is 1.81. The van der Waals surface area contributed by atoms with Crippen LogP contribution in [-0.4, -0.2) is 14.2 Å². The minimum Gasteiger partial charge on any atom is -0.680 e. The molecule has 0 saturated carbocycles. The Bertz CT molecular complexity index is 41.4. The minimum atomic E-state index is -0.965. The fourth-order valence-electron chi connectivity index (χ4n) is 0. The molecule has 0 aromatic rings. The SMILES string of the molecule is C[Si](C)(C)C[NH-].[K+]. The van der Waals surface area contributed by atoms with Crippen molar-refractivity contribution >= 4 is 8.07 Å². The Morgan fingerprint density at radius 3 is 1.43 bits per heavy atom. The molecule has 7 heavy (non-hydrogen) atoms. The molecular formula is C4H12KNSi. The van der Waals surface area contributed by atoms with Crippen LogP contribution in [-0.2, 0) is 0 Å². The molecule has 0 aliphatic carbocycles. The largest absolute Gasteiger partial charge is 1.00 e. The zero-order valence-electron chi connectivity index (χ0n) is 5.71. The van der Waals surface area contributed by atoms with Crippen molar-refractivity contribution in [2.24, 2.45) is 0 Å². The minimum absolute atomic E-state index is 0. The van der Waals surface area contributed by atoms with E-state index in [9.17, 15) is 0 Å². The summed E-state index contributed by atoms with van der Waals surface area (Å²) in [5.74, 6) is 0. The molecule has 0 rings (SSSR count). The van der Waals surface area contributed by atoms with Gasteiger partial charge in [0.1, 0.15) is 0 Å². The molecule has 1 N–H and O–H groups in total. The van der Waals surface area contributed by atoms with Gasteiger partial charge in [0.15, 0.2) is 0 Å². The summed E-state index contributed by atoms with van der Waals surface area (Å²) in [4.78, 5) is 0. The van der Waals surface area contributed by atoms with Crippen LogP contribution in [0.5, 0.6) is 0 Å². The van der Waals surface area contributed by atoms with Crippen LogP contribution in [0.4, 0.5) is 0 Å². The number of hydrogen-bond acceptors (Lipinski definition) is 0. The van der Waals surface area contributed by atoms with Crippen molar-refractivity contribution in [3.8, 4) is 0 Å². The van der Waals surface area contributed by atoms with E-state index in [-0.39, 0.29) is 51.4 Å². The first kappa shape index (κ1) is 11.6. The molecule has 0 atom stereocenters. The van der Waals surface area contributed by atoms with Crippen molar-refractivity contribution in [3.63, 3.8) is 0 Å². The van der Waals surface area contributed by atoms with E-state index >= 15 is 0 Å². The summed E-state index contributed by atoms with van der Waals surface area (Å²) in [6.07, 6.45) is 0.660. The van der Waals surface area contributed by atoms with Crippen molar-refractivity contribution in [1.82, 2.24) is 0 Å². The topological polar surface area (TPSA) is 23.8 Å². The maximum atomic E-state index is 6.92. The predicted octanol–water partition coefficient (Wildman–Crippen LogP) is -1.08. The monoisotopic (exact) mass is 141 g/mol. The summed E-state index contributed by atoms with van der Waals surface area (Å²) in [5.41, 5.74) is 6.92. The fraction of sp³-hybridized carbons (Fsp3) is 1.00. The summed E-state index contributed by atoms with van der Waals surface area (Å²) >= 11 is 0. The van der Waals surface area contributed by atoms with Crippen LogP contribution >= 0.6 is 0 Å². The van der Waals surface area contributed by atoms with E-state index in [1.54, 1.807) is 0 Å². The normalized spacial score (nSPS) is 10.3. The van der Waals surface area contributed by atoms with Crippen molar-refractivity contribution in [2.75, 3.05) is 6.17 Å². The van der Waals surface area contributed by atoms with Gasteiger partial charge in [-0.1, -0.05) is 19.6 Å². The van der Waals surface area contributed by atoms with Crippen LogP contribution < -0.4 is 51.4 Å². The Morgan fingerprint density at radius 1 is 1.29 bits per heavy atom. The average Bonchev–Trinajstić information content (AvgIpc) is 1.35. The third-order valence-electron chi connectivity index (χ3n) is 0.530. The Morgan fingerprint density at radius 2 is 1.43 bits per heavy atom. The molecule has 3 heteroatoms. The molecule has 0 aliphatic heterocycles. The second-order valence-electron chi connectivity index (χ2n) is 2.74. The summed E-state index contributed by atoms with van der Waals surface area (Å²) in [6.45, 7) is 6.58. The van der Waals surface area contributed by atoms with Gasteiger partial charge in [-0.05, 0) is 0 Å². The van der Waals surface area contributed by atoms with Crippen LogP contribution in [0, 0.1) is 0 Å². The molecule has 0 amide bonds. The van der Waals surface area contributed by atoms with Crippen LogP contribution in [0.3, 0.4) is 0 Å². The molecule has 0 aromatic carbocycles. The van der Waals surface area contributed by atoms with E-state index in [1.807, 2.05) is 0 Å². The van der Waals surface area contributed by atoms with Crippen molar-refractivity contribution in [2.45, 2.75) is 19.6 Å². The molecule has 0 unspecified atom stereocenters. The summed E-state index contributed by atoms with van der Waals surface area (Å²) in [6, 6.07) is 0. The fourth-order valence-corrected chi connectivity index (χ4v) is 0. The first-order chi connectivity index (χ1) is 2.56. The number of hydrogen-bond donors (Lipinski definition) is 0. The average molecular weight is 141 g/mol. The van der Waals surface area contributed by atoms with E-state index in [1.165, 1.54) is 0 Å². The van der Waals surface area contributed by atoms with Gasteiger partial charge in [0.25, 0.3) is 0 Å². The zero-order valence-corrected chi connectivity index (χ0v) is 9.83. The van der Waals surface area contributed by atoms with Crippen LogP contribution in [0.25, 0.3) is 5.73 Å². The second-order valence-corrected chi connectivity index (χ2v) is 8.21. The molecule has 0 aromatic heterocycles. The van der Waals surface area contributed by atoms with Gasteiger partial charge in [0.2, 0.25) is 0 Å². The van der Waals surface area contributed by atoms with Gasteiger partial charge in [0, 0.05) is 8.07 Å². The molecular weight excluding hydrogens is 129 g/mol. The maximum absolute atomic E-state index is 6.92. The first-order valence-electron chi connectivity index (χ1n) is 2.21. The van der Waals surface area contributed by atoms with Gasteiger partial charge in [0.05, 0.1) is 0 Å². The third-order valence-corrected chi connectivity index (χ3v) is 1.59. The first-order valence-corrected chi connectivity index (χ1v) is 5.91. The van der Waals surface area contributed by atoms with Gasteiger partial charge >= 0.3 is 51.4 Å².